The van der Waals surface area contributed by atoms with E-state index in [4.69, 9.17) is 9.25 Å². The smallest absolute Gasteiger partial charge is 0.273 e. The first-order valence-corrected chi connectivity index (χ1v) is 8.73. The summed E-state index contributed by atoms with van der Waals surface area (Å²) in [5, 5.41) is 6.83. The van der Waals surface area contributed by atoms with Crippen LogP contribution in [0.5, 0.6) is 0 Å². The molecule has 0 fully saturated rings. The van der Waals surface area contributed by atoms with Crippen LogP contribution < -0.4 is 5.32 Å². The molecule has 1 aliphatic heterocycles. The molecule has 1 N–H and O–H groups in total. The molecule has 4 rings (SSSR count). The predicted molar refractivity (Wildman–Crippen MR) is 102 cm³/mol. The Morgan fingerprint density at radius 3 is 2.67 bits per heavy atom. The van der Waals surface area contributed by atoms with Gasteiger partial charge in [0.25, 0.3) is 5.91 Å². The molecule has 2 aromatic carbocycles. The number of nitrogens with one attached hydrogen (secondary N) is 1. The van der Waals surface area contributed by atoms with E-state index in [1.54, 1.807) is 0 Å². The predicted octanol–water partition coefficient (Wildman–Crippen LogP) is 4.41. The van der Waals surface area contributed by atoms with E-state index in [9.17, 15) is 4.79 Å². The van der Waals surface area contributed by atoms with Crippen molar-refractivity contribution in [3.8, 4) is 11.5 Å². The van der Waals surface area contributed by atoms with E-state index < -0.39 is 0 Å². The van der Waals surface area contributed by atoms with Gasteiger partial charge in [-0.1, -0.05) is 41.6 Å². The Morgan fingerprint density at radius 2 is 1.93 bits per heavy atom. The Balaban J connectivity index is 1.45. The lowest BCUT2D eigenvalue weighted by molar-refractivity contribution is -0.110. The standard InChI is InChI=1S/C21H19N3O3/c1-13-14(2)26-21(22-13)16-9-6-10-17(11-16)23-20(25)18-12-19(27-24-18)15-7-4-3-5-8-15/h3-11,19H,12H2,1-2H3,(H,23,25). The molecule has 3 aromatic rings. The molecular formula is C21H19N3O3. The van der Waals surface area contributed by atoms with Crippen molar-refractivity contribution in [1.82, 2.24) is 4.98 Å². The first-order valence-electron chi connectivity index (χ1n) is 8.73. The van der Waals surface area contributed by atoms with Gasteiger partial charge >= 0.3 is 0 Å². The SMILES string of the molecule is Cc1nc(-c2cccc(NC(=O)C3=NOC(c4ccccc4)C3)c2)oc1C. The van der Waals surface area contributed by atoms with Gasteiger partial charge in [0.05, 0.1) is 5.69 Å². The number of oxime groups is 1. The van der Waals surface area contributed by atoms with Gasteiger partial charge in [0.15, 0.2) is 6.10 Å². The van der Waals surface area contributed by atoms with E-state index in [-0.39, 0.29) is 12.0 Å². The van der Waals surface area contributed by atoms with Crippen molar-refractivity contribution >= 4 is 17.3 Å². The van der Waals surface area contributed by atoms with Crippen LogP contribution in [0.1, 0.15) is 29.5 Å². The van der Waals surface area contributed by atoms with Gasteiger partial charge < -0.3 is 14.6 Å². The number of aryl methyl sites for hydroxylation is 2. The molecular weight excluding hydrogens is 342 g/mol. The average Bonchev–Trinajstić information content (AvgIpc) is 3.30. The van der Waals surface area contributed by atoms with Crippen LogP contribution in [-0.2, 0) is 9.63 Å². The molecule has 0 saturated carbocycles. The molecule has 27 heavy (non-hydrogen) atoms. The second-order valence-corrected chi connectivity index (χ2v) is 6.44. The fraction of sp³-hybridized carbons (Fsp3) is 0.190. The average molecular weight is 361 g/mol. The van der Waals surface area contributed by atoms with Gasteiger partial charge in [-0.2, -0.15) is 0 Å². The Labute approximate surface area is 156 Å². The van der Waals surface area contributed by atoms with Crippen molar-refractivity contribution in [1.29, 1.82) is 0 Å². The Morgan fingerprint density at radius 1 is 1.11 bits per heavy atom. The third-order valence-electron chi connectivity index (χ3n) is 4.50. The summed E-state index contributed by atoms with van der Waals surface area (Å²) < 4.78 is 5.66. The highest BCUT2D eigenvalue weighted by Gasteiger charge is 2.27. The van der Waals surface area contributed by atoms with Gasteiger partial charge in [-0.3, -0.25) is 4.79 Å². The Bertz CT molecular complexity index is 989. The van der Waals surface area contributed by atoms with E-state index >= 15 is 0 Å². The van der Waals surface area contributed by atoms with Crippen molar-refractivity contribution in [2.75, 3.05) is 5.32 Å². The number of benzene rings is 2. The second-order valence-electron chi connectivity index (χ2n) is 6.44. The highest BCUT2D eigenvalue weighted by molar-refractivity contribution is 6.43. The van der Waals surface area contributed by atoms with Gasteiger partial charge in [-0.15, -0.1) is 0 Å². The van der Waals surface area contributed by atoms with Crippen LogP contribution in [0.3, 0.4) is 0 Å². The zero-order chi connectivity index (χ0) is 18.8. The maximum atomic E-state index is 12.5. The molecule has 0 saturated heterocycles. The number of nitrogens with zero attached hydrogens (tertiary/aromatic N) is 2. The molecule has 2 heterocycles. The Kier molecular flexibility index (Phi) is 4.46. The maximum absolute atomic E-state index is 12.5. The lowest BCUT2D eigenvalue weighted by Crippen LogP contribution is -2.21. The number of anilines is 1. The van der Waals surface area contributed by atoms with Gasteiger partial charge in [0.1, 0.15) is 11.5 Å². The topological polar surface area (TPSA) is 76.7 Å². The zero-order valence-electron chi connectivity index (χ0n) is 15.1. The van der Waals surface area contributed by atoms with Crippen LogP contribution in [0.2, 0.25) is 0 Å². The monoisotopic (exact) mass is 361 g/mol. The molecule has 0 spiro atoms. The molecule has 136 valence electrons. The summed E-state index contributed by atoms with van der Waals surface area (Å²) in [7, 11) is 0. The van der Waals surface area contributed by atoms with Gasteiger partial charge in [-0.05, 0) is 37.6 Å². The molecule has 1 aromatic heterocycles. The first-order chi connectivity index (χ1) is 13.1. The van der Waals surface area contributed by atoms with E-state index in [0.29, 0.717) is 23.7 Å². The number of hydrogen-bond donors (Lipinski definition) is 1. The number of carbonyl (C=O) groups is 1. The number of amides is 1. The third-order valence-corrected chi connectivity index (χ3v) is 4.50. The molecule has 1 atom stereocenters. The highest BCUT2D eigenvalue weighted by atomic mass is 16.6. The van der Waals surface area contributed by atoms with Gasteiger partial charge in [0, 0.05) is 17.7 Å². The lowest BCUT2D eigenvalue weighted by atomic mass is 10.0. The van der Waals surface area contributed by atoms with E-state index in [1.807, 2.05) is 68.4 Å². The molecule has 6 nitrogen and oxygen atoms in total. The number of oxazole rings is 1. The minimum atomic E-state index is -0.273. The van der Waals surface area contributed by atoms with Crippen LogP contribution in [-0.4, -0.2) is 16.6 Å². The van der Waals surface area contributed by atoms with Crippen LogP contribution >= 0.6 is 0 Å². The van der Waals surface area contributed by atoms with E-state index in [0.717, 1.165) is 22.6 Å². The quantitative estimate of drug-likeness (QED) is 0.746. The second kappa shape index (κ2) is 7.07. The fourth-order valence-corrected chi connectivity index (χ4v) is 2.89. The third kappa shape index (κ3) is 3.60. The normalized spacial score (nSPS) is 15.9. The van der Waals surface area contributed by atoms with Crippen molar-refractivity contribution in [3.63, 3.8) is 0 Å². The number of carbonyl (C=O) groups excluding carboxylic acids is 1. The van der Waals surface area contributed by atoms with Crippen LogP contribution in [0.25, 0.3) is 11.5 Å². The number of hydrogen-bond acceptors (Lipinski definition) is 5. The highest BCUT2D eigenvalue weighted by Crippen LogP contribution is 2.28. The summed E-state index contributed by atoms with van der Waals surface area (Å²) in [6, 6.07) is 17.1. The summed E-state index contributed by atoms with van der Waals surface area (Å²) in [6.07, 6.45) is 0.213. The van der Waals surface area contributed by atoms with Crippen LogP contribution in [0.15, 0.2) is 64.2 Å². The van der Waals surface area contributed by atoms with Crippen molar-refractivity contribution < 1.29 is 14.0 Å². The van der Waals surface area contributed by atoms with Crippen molar-refractivity contribution in [3.05, 3.63) is 71.6 Å². The minimum Gasteiger partial charge on any atom is -0.441 e. The molecule has 0 radical (unpaired) electrons. The molecule has 6 heteroatoms. The Hall–Kier alpha value is -3.41. The largest absolute Gasteiger partial charge is 0.441 e. The summed E-state index contributed by atoms with van der Waals surface area (Å²) in [6.45, 7) is 3.77. The minimum absolute atomic E-state index is 0.225. The van der Waals surface area contributed by atoms with Crippen molar-refractivity contribution in [2.24, 2.45) is 5.16 Å². The first kappa shape index (κ1) is 17.0. The molecule has 1 amide bonds. The molecule has 1 unspecified atom stereocenters. The van der Waals surface area contributed by atoms with Crippen LogP contribution in [0, 0.1) is 13.8 Å². The molecule has 0 aliphatic carbocycles. The summed E-state index contributed by atoms with van der Waals surface area (Å²) >= 11 is 0. The van der Waals surface area contributed by atoms with Crippen molar-refractivity contribution in [2.45, 2.75) is 26.4 Å². The molecule has 0 bridgehead atoms. The maximum Gasteiger partial charge on any atom is 0.273 e. The fourth-order valence-electron chi connectivity index (χ4n) is 2.89. The molecule has 1 aliphatic rings. The van der Waals surface area contributed by atoms with Gasteiger partial charge in [-0.25, -0.2) is 4.98 Å². The van der Waals surface area contributed by atoms with Gasteiger partial charge in [0.2, 0.25) is 5.89 Å². The van der Waals surface area contributed by atoms with E-state index in [1.165, 1.54) is 0 Å². The zero-order valence-corrected chi connectivity index (χ0v) is 15.1. The number of rotatable bonds is 4. The van der Waals surface area contributed by atoms with Crippen LogP contribution in [0.4, 0.5) is 5.69 Å². The lowest BCUT2D eigenvalue weighted by Gasteiger charge is -2.08. The summed E-state index contributed by atoms with van der Waals surface area (Å²) in [4.78, 5) is 22.4. The number of aromatic nitrogens is 1. The summed E-state index contributed by atoms with van der Waals surface area (Å²) in [5.74, 6) is 1.04. The summed E-state index contributed by atoms with van der Waals surface area (Å²) in [5.41, 5.74) is 3.68. The van der Waals surface area contributed by atoms with E-state index in [2.05, 4.69) is 15.5 Å².